The molecule has 0 N–H and O–H groups in total. The minimum absolute atomic E-state index is 0. The van der Waals surface area contributed by atoms with Gasteiger partial charge in [-0.25, -0.2) is 4.98 Å². The summed E-state index contributed by atoms with van der Waals surface area (Å²) >= 11 is 0. The van der Waals surface area contributed by atoms with Crippen molar-refractivity contribution in [2.24, 2.45) is 5.92 Å². The Morgan fingerprint density at radius 2 is 1.41 bits per heavy atom. The average Bonchev–Trinajstić information content (AvgIpc) is 3.75. The van der Waals surface area contributed by atoms with Crippen LogP contribution in [0.2, 0.25) is 19.6 Å². The van der Waals surface area contributed by atoms with Gasteiger partial charge in [0.05, 0.1) is 30.5 Å². The van der Waals surface area contributed by atoms with Crippen molar-refractivity contribution in [3.63, 3.8) is 0 Å². The summed E-state index contributed by atoms with van der Waals surface area (Å²) in [5.41, 5.74) is 13.0. The summed E-state index contributed by atoms with van der Waals surface area (Å²) in [6.07, 6.45) is 3.24. The smallest absolute Gasteiger partial charge is 0.216 e. The fourth-order valence-electron chi connectivity index (χ4n) is 7.75. The third-order valence-electron chi connectivity index (χ3n) is 10.7. The van der Waals surface area contributed by atoms with E-state index in [0.29, 0.717) is 29.4 Å². The quantitative estimate of drug-likeness (QED) is 0.107. The zero-order valence-corrected chi connectivity index (χ0v) is 39.3. The zero-order chi connectivity index (χ0) is 40.6. The molecule has 0 aliphatic carbocycles. The van der Waals surface area contributed by atoms with Crippen molar-refractivity contribution in [3.8, 4) is 28.3 Å². The van der Waals surface area contributed by atoms with E-state index in [1.807, 2.05) is 24.3 Å². The Bertz CT molecular complexity index is 2640. The normalized spacial score (nSPS) is 11.9. The van der Waals surface area contributed by atoms with E-state index in [-0.39, 0.29) is 20.1 Å². The van der Waals surface area contributed by atoms with E-state index in [9.17, 15) is 0 Å². The van der Waals surface area contributed by atoms with Gasteiger partial charge in [0, 0.05) is 43.1 Å². The number of aromatic nitrogens is 4. The van der Waals surface area contributed by atoms with Crippen molar-refractivity contribution in [1.82, 2.24) is 19.5 Å². The van der Waals surface area contributed by atoms with Crippen LogP contribution in [-0.2, 0) is 26.5 Å². The maximum absolute atomic E-state index is 6.14. The fraction of sp³-hybridized carbons (Fsp3) is 0.314. The minimum Gasteiger partial charge on any atom is -0.486 e. The summed E-state index contributed by atoms with van der Waals surface area (Å²) in [5.74, 6) is 2.64. The molecule has 8 aromatic rings. The first kappa shape index (κ1) is 42.9. The second-order valence-corrected chi connectivity index (χ2v) is 22.7. The van der Waals surface area contributed by atoms with Gasteiger partial charge in [-0.15, -0.1) is 59.7 Å². The molecule has 0 saturated heterocycles. The second kappa shape index (κ2) is 17.7. The molecule has 0 unspecified atom stereocenters. The monoisotopic (exact) mass is 961 g/mol. The van der Waals surface area contributed by atoms with E-state index in [1.165, 1.54) is 27.6 Å². The van der Waals surface area contributed by atoms with Crippen molar-refractivity contribution < 1.29 is 24.5 Å². The van der Waals surface area contributed by atoms with Crippen LogP contribution in [0.15, 0.2) is 108 Å². The first-order valence-corrected chi connectivity index (χ1v) is 24.0. The molecule has 0 bridgehead atoms. The maximum Gasteiger partial charge on any atom is 0.216 e. The summed E-state index contributed by atoms with van der Waals surface area (Å²) < 4.78 is 8.48. The van der Waals surface area contributed by atoms with Gasteiger partial charge in [0.25, 0.3) is 0 Å². The van der Waals surface area contributed by atoms with Gasteiger partial charge >= 0.3 is 0 Å². The number of para-hydroxylation sites is 3. The predicted octanol–water partition coefficient (Wildman–Crippen LogP) is 13.4. The topological polar surface area (TPSA) is 56.7 Å². The first-order valence-electron chi connectivity index (χ1n) is 20.5. The van der Waals surface area contributed by atoms with Gasteiger partial charge in [-0.3, -0.25) is 4.98 Å². The van der Waals surface area contributed by atoms with Gasteiger partial charge in [0.2, 0.25) is 5.71 Å². The molecule has 7 heteroatoms. The number of benzene rings is 4. The van der Waals surface area contributed by atoms with E-state index in [2.05, 4.69) is 176 Å². The van der Waals surface area contributed by atoms with E-state index < -0.39 is 8.07 Å². The Labute approximate surface area is 359 Å². The van der Waals surface area contributed by atoms with Crippen LogP contribution in [0, 0.1) is 18.1 Å². The molecule has 0 aliphatic rings. The van der Waals surface area contributed by atoms with Crippen molar-refractivity contribution in [2.75, 3.05) is 0 Å². The number of hydrogen-bond donors (Lipinski definition) is 0. The van der Waals surface area contributed by atoms with Crippen molar-refractivity contribution in [2.45, 2.75) is 99.2 Å². The second-order valence-electron chi connectivity index (χ2n) is 17.7. The predicted molar refractivity (Wildman–Crippen MR) is 243 cm³/mol. The Kier molecular flexibility index (Phi) is 13.1. The molecule has 0 aliphatic heterocycles. The molecule has 0 saturated carbocycles. The van der Waals surface area contributed by atoms with Crippen LogP contribution >= 0.6 is 0 Å². The molecular formula is C51H56IrN4OSi-2. The van der Waals surface area contributed by atoms with Gasteiger partial charge in [-0.2, -0.15) is 0 Å². The number of fused-ring (bicyclic) bond motifs is 4. The van der Waals surface area contributed by atoms with Gasteiger partial charge in [0.15, 0.2) is 0 Å². The molecule has 0 atom stereocenters. The Balaban J connectivity index is 0.000000230. The number of hydrogen-bond acceptors (Lipinski definition) is 4. The fourth-order valence-corrected chi connectivity index (χ4v) is 9.34. The molecule has 1 radical (unpaired) electrons. The average molecular weight is 961 g/mol. The van der Waals surface area contributed by atoms with E-state index >= 15 is 0 Å². The third kappa shape index (κ3) is 8.83. The molecule has 301 valence electrons. The molecule has 4 aromatic carbocycles. The number of furan rings is 1. The molecule has 4 heterocycles. The van der Waals surface area contributed by atoms with Crippen LogP contribution in [0.3, 0.4) is 0 Å². The number of nitrogens with zero attached hydrogens (tertiary/aromatic N) is 4. The van der Waals surface area contributed by atoms with Crippen molar-refractivity contribution in [3.05, 3.63) is 138 Å². The van der Waals surface area contributed by atoms with Crippen molar-refractivity contribution >= 4 is 46.4 Å². The van der Waals surface area contributed by atoms with Crippen LogP contribution in [0.4, 0.5) is 0 Å². The Morgan fingerprint density at radius 1 is 0.707 bits per heavy atom. The summed E-state index contributed by atoms with van der Waals surface area (Å²) in [5, 5.41) is 3.54. The van der Waals surface area contributed by atoms with E-state index in [1.54, 1.807) is 0 Å². The summed E-state index contributed by atoms with van der Waals surface area (Å²) in [7, 11) is -1.34. The molecule has 0 amide bonds. The maximum atomic E-state index is 6.14. The summed E-state index contributed by atoms with van der Waals surface area (Å²) in [6, 6.07) is 40.5. The first-order chi connectivity index (χ1) is 27.2. The van der Waals surface area contributed by atoms with Crippen LogP contribution in [0.25, 0.3) is 61.4 Å². The van der Waals surface area contributed by atoms with E-state index in [4.69, 9.17) is 14.4 Å². The summed E-state index contributed by atoms with van der Waals surface area (Å²) in [6.45, 7) is 25.1. The molecule has 4 aromatic heterocycles. The van der Waals surface area contributed by atoms with Crippen LogP contribution in [0.1, 0.15) is 95.5 Å². The Hall–Kier alpha value is -4.68. The van der Waals surface area contributed by atoms with Gasteiger partial charge in [0.1, 0.15) is 0 Å². The standard InChI is InChI=1S/C33H32N3O.C18H24NSi.Ir/c1-19(2)23-10-9-11-24(20(3)4)31(23)36-29-13-8-7-12-28(29)34-32(36)22-14-17-30-26(18-22)25-15-16-27(21(5)6)35-33(25)37-30;1-14(2)11-16-12-17(15-9-7-6-8-10-15)19-13-18(16)20(3,4)5;/h7-13,15-21H,1-6H3;6-9,12-14H,11H2,1-5H3;/q2*-1;. The molecular weight excluding hydrogens is 905 g/mol. The van der Waals surface area contributed by atoms with Gasteiger partial charge in [-0.1, -0.05) is 122 Å². The van der Waals surface area contributed by atoms with Crippen LogP contribution in [0.5, 0.6) is 0 Å². The Morgan fingerprint density at radius 3 is 2.05 bits per heavy atom. The van der Waals surface area contributed by atoms with Crippen LogP contribution in [-0.4, -0.2) is 27.6 Å². The summed E-state index contributed by atoms with van der Waals surface area (Å²) in [4.78, 5) is 14.6. The largest absolute Gasteiger partial charge is 0.486 e. The molecule has 58 heavy (non-hydrogen) atoms. The minimum atomic E-state index is -1.34. The van der Waals surface area contributed by atoms with Gasteiger partial charge in [-0.05, 0) is 76.4 Å². The number of rotatable bonds is 9. The van der Waals surface area contributed by atoms with E-state index in [0.717, 1.165) is 62.1 Å². The van der Waals surface area contributed by atoms with Gasteiger partial charge < -0.3 is 14.0 Å². The SMILES string of the molecule is CC(C)Cc1cc(-c2[c-]cccc2)ncc1[Si](C)(C)C.CC(C)c1ccc2c(n1)oc1c[c-]c(-c3nc4ccccc4n3-c3c(C(C)C)cccc3C(C)C)cc12.[Ir]. The molecule has 5 nitrogen and oxygen atoms in total. The zero-order valence-electron chi connectivity index (χ0n) is 35.9. The van der Waals surface area contributed by atoms with Crippen LogP contribution < -0.4 is 5.19 Å². The molecule has 0 spiro atoms. The third-order valence-corrected chi connectivity index (χ3v) is 12.7. The molecule has 0 fully saturated rings. The number of imidazole rings is 1. The van der Waals surface area contributed by atoms with Crippen molar-refractivity contribution in [1.29, 1.82) is 0 Å². The molecule has 8 rings (SSSR count). The number of pyridine rings is 2.